The average molecular weight is 447 g/mol. The van der Waals surface area contributed by atoms with E-state index < -0.39 is 17.9 Å². The molecule has 0 aliphatic heterocycles. The van der Waals surface area contributed by atoms with Crippen LogP contribution in [0.25, 0.3) is 0 Å². The normalized spacial score (nSPS) is 11.9. The minimum Gasteiger partial charge on any atom is -0.494 e. The van der Waals surface area contributed by atoms with Crippen molar-refractivity contribution in [2.24, 2.45) is 10.9 Å². The van der Waals surface area contributed by atoms with Crippen LogP contribution in [0.5, 0.6) is 5.75 Å². The summed E-state index contributed by atoms with van der Waals surface area (Å²) in [5.41, 5.74) is 1.65. The second-order valence-corrected chi connectivity index (χ2v) is 7.07. The van der Waals surface area contributed by atoms with Crippen molar-refractivity contribution in [3.8, 4) is 5.75 Å². The SMILES string of the molecule is CCOc1ccc(NC(=NCc2ccc(Cl)cc2)NC(=O)NC[C@@H](C)C(=O)OC)cc1. The summed E-state index contributed by atoms with van der Waals surface area (Å²) in [6.07, 6.45) is 0. The third-order valence-corrected chi connectivity index (χ3v) is 4.42. The van der Waals surface area contributed by atoms with E-state index in [1.807, 2.05) is 43.3 Å². The molecular weight excluding hydrogens is 420 g/mol. The number of hydrogen-bond donors (Lipinski definition) is 3. The van der Waals surface area contributed by atoms with Crippen molar-refractivity contribution in [3.05, 3.63) is 59.1 Å². The Kier molecular flexibility index (Phi) is 9.64. The molecular formula is C22H27ClN4O4. The van der Waals surface area contributed by atoms with Gasteiger partial charge in [-0.1, -0.05) is 30.7 Å². The van der Waals surface area contributed by atoms with Crippen LogP contribution in [-0.4, -0.2) is 38.2 Å². The Balaban J connectivity index is 2.07. The minimum absolute atomic E-state index is 0.131. The molecule has 0 spiro atoms. The Labute approximate surface area is 187 Å². The van der Waals surface area contributed by atoms with Gasteiger partial charge in [0.05, 0.1) is 26.2 Å². The van der Waals surface area contributed by atoms with Gasteiger partial charge >= 0.3 is 12.0 Å². The van der Waals surface area contributed by atoms with Gasteiger partial charge in [0, 0.05) is 17.3 Å². The zero-order valence-corrected chi connectivity index (χ0v) is 18.5. The van der Waals surface area contributed by atoms with Crippen molar-refractivity contribution in [3.63, 3.8) is 0 Å². The molecule has 2 amide bonds. The zero-order valence-electron chi connectivity index (χ0n) is 17.8. The maximum absolute atomic E-state index is 12.3. The van der Waals surface area contributed by atoms with Gasteiger partial charge in [-0.25, -0.2) is 9.79 Å². The van der Waals surface area contributed by atoms with E-state index in [1.165, 1.54) is 7.11 Å². The first-order valence-electron chi connectivity index (χ1n) is 9.82. The van der Waals surface area contributed by atoms with E-state index in [1.54, 1.807) is 19.1 Å². The number of nitrogens with zero attached hydrogens (tertiary/aromatic N) is 1. The number of nitrogens with one attached hydrogen (secondary N) is 3. The summed E-state index contributed by atoms with van der Waals surface area (Å²) in [6.45, 7) is 4.62. The van der Waals surface area contributed by atoms with E-state index in [4.69, 9.17) is 16.3 Å². The lowest BCUT2D eigenvalue weighted by Gasteiger charge is -2.14. The number of benzene rings is 2. The number of guanidine groups is 1. The van der Waals surface area contributed by atoms with Gasteiger partial charge in [-0.2, -0.15) is 0 Å². The van der Waals surface area contributed by atoms with Crippen molar-refractivity contribution >= 4 is 35.2 Å². The molecule has 166 valence electrons. The van der Waals surface area contributed by atoms with Crippen LogP contribution in [-0.2, 0) is 16.1 Å². The van der Waals surface area contributed by atoms with Gasteiger partial charge in [0.25, 0.3) is 0 Å². The third-order valence-electron chi connectivity index (χ3n) is 4.17. The quantitative estimate of drug-likeness (QED) is 0.325. The first-order valence-corrected chi connectivity index (χ1v) is 10.2. The number of hydrogen-bond acceptors (Lipinski definition) is 5. The fraction of sp³-hybridized carbons (Fsp3) is 0.318. The highest BCUT2D eigenvalue weighted by Crippen LogP contribution is 2.16. The molecule has 3 N–H and O–H groups in total. The Hall–Kier alpha value is -3.26. The Morgan fingerprint density at radius 2 is 1.77 bits per heavy atom. The molecule has 0 aromatic heterocycles. The molecule has 0 fully saturated rings. The molecule has 1 atom stereocenters. The fourth-order valence-electron chi connectivity index (χ4n) is 2.49. The molecule has 9 heteroatoms. The molecule has 8 nitrogen and oxygen atoms in total. The number of halogens is 1. The van der Waals surface area contributed by atoms with Crippen LogP contribution < -0.4 is 20.7 Å². The molecule has 0 heterocycles. The van der Waals surface area contributed by atoms with Crippen molar-refractivity contribution < 1.29 is 19.1 Å². The molecule has 0 saturated carbocycles. The summed E-state index contributed by atoms with van der Waals surface area (Å²) in [5, 5.41) is 9.04. The highest BCUT2D eigenvalue weighted by atomic mass is 35.5. The largest absolute Gasteiger partial charge is 0.494 e. The fourth-order valence-corrected chi connectivity index (χ4v) is 2.62. The number of aliphatic imine (C=N–C) groups is 1. The van der Waals surface area contributed by atoms with Gasteiger partial charge < -0.3 is 20.1 Å². The monoisotopic (exact) mass is 446 g/mol. The van der Waals surface area contributed by atoms with Crippen LogP contribution in [0.15, 0.2) is 53.5 Å². The lowest BCUT2D eigenvalue weighted by molar-refractivity contribution is -0.144. The number of ether oxygens (including phenoxy) is 2. The number of amides is 2. The molecule has 2 aromatic carbocycles. The smallest absolute Gasteiger partial charge is 0.321 e. The predicted octanol–water partition coefficient (Wildman–Crippen LogP) is 3.82. The van der Waals surface area contributed by atoms with Crippen LogP contribution in [0.1, 0.15) is 19.4 Å². The molecule has 2 rings (SSSR count). The number of methoxy groups -OCH3 is 1. The second-order valence-electron chi connectivity index (χ2n) is 6.63. The van der Waals surface area contributed by atoms with Crippen LogP contribution in [0.3, 0.4) is 0 Å². The first kappa shape index (κ1) is 24.0. The summed E-state index contributed by atoms with van der Waals surface area (Å²) in [4.78, 5) is 28.3. The molecule has 0 aliphatic carbocycles. The summed E-state index contributed by atoms with van der Waals surface area (Å²) < 4.78 is 10.1. The Morgan fingerprint density at radius 1 is 1.10 bits per heavy atom. The molecule has 0 saturated heterocycles. The van der Waals surface area contributed by atoms with Crippen molar-refractivity contribution in [1.82, 2.24) is 10.6 Å². The summed E-state index contributed by atoms with van der Waals surface area (Å²) in [7, 11) is 1.31. The zero-order chi connectivity index (χ0) is 22.6. The van der Waals surface area contributed by atoms with E-state index in [0.717, 1.165) is 17.0 Å². The average Bonchev–Trinajstić information content (AvgIpc) is 2.77. The van der Waals surface area contributed by atoms with Crippen LogP contribution in [0.2, 0.25) is 5.02 Å². The maximum Gasteiger partial charge on any atom is 0.321 e. The highest BCUT2D eigenvalue weighted by molar-refractivity contribution is 6.30. The van der Waals surface area contributed by atoms with Gasteiger partial charge in [0.2, 0.25) is 5.96 Å². The standard InChI is InChI=1S/C22H27ClN4O4/c1-4-31-19-11-9-18(10-12-19)26-21(24-14-16-5-7-17(23)8-6-16)27-22(29)25-13-15(2)20(28)30-3/h5-12,15H,4,13-14H2,1-3H3,(H3,24,25,26,27,29)/t15-/m1/s1. The third kappa shape index (κ3) is 8.55. The predicted molar refractivity (Wildman–Crippen MR) is 122 cm³/mol. The van der Waals surface area contributed by atoms with E-state index in [2.05, 4.69) is 25.7 Å². The van der Waals surface area contributed by atoms with Crippen molar-refractivity contribution in [2.75, 3.05) is 25.6 Å². The van der Waals surface area contributed by atoms with Crippen LogP contribution in [0, 0.1) is 5.92 Å². The van der Waals surface area contributed by atoms with Crippen molar-refractivity contribution in [2.45, 2.75) is 20.4 Å². The molecule has 2 aromatic rings. The van der Waals surface area contributed by atoms with Gasteiger partial charge in [-0.3, -0.25) is 10.1 Å². The summed E-state index contributed by atoms with van der Waals surface area (Å²) >= 11 is 5.92. The van der Waals surface area contributed by atoms with Gasteiger partial charge in [-0.05, 0) is 48.9 Å². The van der Waals surface area contributed by atoms with Crippen LogP contribution in [0.4, 0.5) is 10.5 Å². The second kappa shape index (κ2) is 12.4. The minimum atomic E-state index is -0.496. The van der Waals surface area contributed by atoms with Gasteiger partial charge in [0.15, 0.2) is 0 Å². The lowest BCUT2D eigenvalue weighted by atomic mass is 10.2. The maximum atomic E-state index is 12.3. The van der Waals surface area contributed by atoms with E-state index in [-0.39, 0.29) is 12.5 Å². The molecule has 0 aliphatic rings. The Morgan fingerprint density at radius 3 is 2.39 bits per heavy atom. The molecule has 0 bridgehead atoms. The molecule has 0 unspecified atom stereocenters. The number of rotatable bonds is 8. The van der Waals surface area contributed by atoms with Gasteiger partial charge in [0.1, 0.15) is 5.75 Å². The van der Waals surface area contributed by atoms with Gasteiger partial charge in [-0.15, -0.1) is 0 Å². The highest BCUT2D eigenvalue weighted by Gasteiger charge is 2.15. The van der Waals surface area contributed by atoms with Crippen LogP contribution >= 0.6 is 11.6 Å². The number of urea groups is 1. The Bertz CT molecular complexity index is 885. The van der Waals surface area contributed by atoms with Crippen molar-refractivity contribution in [1.29, 1.82) is 0 Å². The van der Waals surface area contributed by atoms with E-state index in [9.17, 15) is 9.59 Å². The summed E-state index contributed by atoms with van der Waals surface area (Å²) in [5.74, 6) is 0.131. The lowest BCUT2D eigenvalue weighted by Crippen LogP contribution is -2.44. The number of esters is 1. The number of carbonyl (C=O) groups excluding carboxylic acids is 2. The summed E-state index contributed by atoms with van der Waals surface area (Å²) in [6, 6.07) is 14.1. The molecule has 0 radical (unpaired) electrons. The van der Waals surface area contributed by atoms with E-state index in [0.29, 0.717) is 18.2 Å². The molecule has 31 heavy (non-hydrogen) atoms. The topological polar surface area (TPSA) is 101 Å². The number of carbonyl (C=O) groups is 2. The number of anilines is 1. The van der Waals surface area contributed by atoms with E-state index >= 15 is 0 Å². The first-order chi connectivity index (χ1) is 14.9.